The Kier molecular flexibility index (Phi) is 3.44. The van der Waals surface area contributed by atoms with Crippen LogP contribution >= 0.6 is 15.9 Å². The molecular formula is C15H19BrN2. The predicted molar refractivity (Wildman–Crippen MR) is 80.0 cm³/mol. The molecule has 2 heterocycles. The highest BCUT2D eigenvalue weighted by molar-refractivity contribution is 9.10. The fraction of sp³-hybridized carbons (Fsp3) is 0.467. The third-order valence-corrected chi connectivity index (χ3v) is 4.53. The van der Waals surface area contributed by atoms with E-state index in [9.17, 15) is 0 Å². The smallest absolute Gasteiger partial charge is 0.0489 e. The van der Waals surface area contributed by atoms with Crippen molar-refractivity contribution in [2.24, 2.45) is 7.05 Å². The van der Waals surface area contributed by atoms with Gasteiger partial charge in [-0.1, -0.05) is 12.5 Å². The van der Waals surface area contributed by atoms with Crippen LogP contribution in [0.15, 0.2) is 28.9 Å². The summed E-state index contributed by atoms with van der Waals surface area (Å²) >= 11 is 3.64. The molecule has 0 saturated carbocycles. The number of aryl methyl sites for hydroxylation is 1. The fourth-order valence-electron chi connectivity index (χ4n) is 2.90. The Balaban J connectivity index is 1.86. The average Bonchev–Trinajstić information content (AvgIpc) is 2.66. The van der Waals surface area contributed by atoms with E-state index in [1.807, 2.05) is 0 Å². The summed E-state index contributed by atoms with van der Waals surface area (Å²) in [4.78, 5) is 0. The fourth-order valence-corrected chi connectivity index (χ4v) is 3.53. The lowest BCUT2D eigenvalue weighted by atomic mass is 9.97. The molecule has 0 aliphatic carbocycles. The first-order valence-corrected chi connectivity index (χ1v) is 7.50. The zero-order valence-corrected chi connectivity index (χ0v) is 12.3. The number of nitrogens with zero attached hydrogens (tertiary/aromatic N) is 1. The summed E-state index contributed by atoms with van der Waals surface area (Å²) in [6, 6.07) is 7.50. The van der Waals surface area contributed by atoms with Crippen LogP contribution < -0.4 is 5.32 Å². The van der Waals surface area contributed by atoms with Crippen LogP contribution in [0.2, 0.25) is 0 Å². The molecule has 1 aromatic heterocycles. The van der Waals surface area contributed by atoms with Crippen molar-refractivity contribution < 1.29 is 0 Å². The molecule has 1 aliphatic heterocycles. The first-order valence-electron chi connectivity index (χ1n) is 6.71. The van der Waals surface area contributed by atoms with Gasteiger partial charge in [-0.05, 0) is 59.4 Å². The zero-order valence-electron chi connectivity index (χ0n) is 10.7. The number of halogens is 1. The van der Waals surface area contributed by atoms with E-state index in [2.05, 4.69) is 57.3 Å². The van der Waals surface area contributed by atoms with E-state index < -0.39 is 0 Å². The molecule has 18 heavy (non-hydrogen) atoms. The van der Waals surface area contributed by atoms with Gasteiger partial charge in [-0.15, -0.1) is 0 Å². The Morgan fingerprint density at radius 1 is 1.39 bits per heavy atom. The minimum absolute atomic E-state index is 0.665. The third-order valence-electron chi connectivity index (χ3n) is 3.90. The van der Waals surface area contributed by atoms with Gasteiger partial charge in [-0.3, -0.25) is 0 Å². The second kappa shape index (κ2) is 5.06. The van der Waals surface area contributed by atoms with Crippen molar-refractivity contribution in [1.82, 2.24) is 9.88 Å². The minimum atomic E-state index is 0.665. The van der Waals surface area contributed by atoms with Gasteiger partial charge >= 0.3 is 0 Å². The summed E-state index contributed by atoms with van der Waals surface area (Å²) in [5, 5.41) is 4.94. The van der Waals surface area contributed by atoms with E-state index >= 15 is 0 Å². The van der Waals surface area contributed by atoms with E-state index in [-0.39, 0.29) is 0 Å². The first-order chi connectivity index (χ1) is 8.74. The monoisotopic (exact) mass is 306 g/mol. The average molecular weight is 307 g/mol. The highest BCUT2D eigenvalue weighted by Crippen LogP contribution is 2.27. The summed E-state index contributed by atoms with van der Waals surface area (Å²) in [6.07, 6.45) is 7.30. The van der Waals surface area contributed by atoms with Crippen LogP contribution in [0.3, 0.4) is 0 Å². The summed E-state index contributed by atoms with van der Waals surface area (Å²) in [5.41, 5.74) is 2.73. The van der Waals surface area contributed by atoms with E-state index in [4.69, 9.17) is 0 Å². The third kappa shape index (κ3) is 2.34. The topological polar surface area (TPSA) is 17.0 Å². The molecule has 1 aromatic carbocycles. The maximum absolute atomic E-state index is 3.64. The molecule has 3 heteroatoms. The molecule has 1 aliphatic rings. The number of nitrogens with one attached hydrogen (secondary N) is 1. The first kappa shape index (κ1) is 12.2. The standard InChI is InChI=1S/C15H19BrN2/c1-18-10-14(16)13-9-11(5-6-15(13)18)8-12-4-2-3-7-17-12/h5-6,9-10,12,17H,2-4,7-8H2,1H3. The lowest BCUT2D eigenvalue weighted by Gasteiger charge is -2.23. The SMILES string of the molecule is Cn1cc(Br)c2cc(CC3CCCCN3)ccc21. The molecule has 1 saturated heterocycles. The van der Waals surface area contributed by atoms with Crippen molar-refractivity contribution in [2.75, 3.05) is 6.54 Å². The lowest BCUT2D eigenvalue weighted by molar-refractivity contribution is 0.399. The second-order valence-corrected chi connectivity index (χ2v) is 6.14. The highest BCUT2D eigenvalue weighted by atomic mass is 79.9. The summed E-state index contributed by atoms with van der Waals surface area (Å²) < 4.78 is 3.36. The Bertz CT molecular complexity index is 553. The van der Waals surface area contributed by atoms with Gasteiger partial charge in [-0.25, -0.2) is 0 Å². The minimum Gasteiger partial charge on any atom is -0.349 e. The van der Waals surface area contributed by atoms with Crippen molar-refractivity contribution in [3.8, 4) is 0 Å². The van der Waals surface area contributed by atoms with Crippen LogP contribution in [0, 0.1) is 0 Å². The zero-order chi connectivity index (χ0) is 12.5. The van der Waals surface area contributed by atoms with Crippen LogP contribution in [-0.4, -0.2) is 17.2 Å². The van der Waals surface area contributed by atoms with E-state index in [0.29, 0.717) is 6.04 Å². The molecule has 2 nitrogen and oxygen atoms in total. The largest absolute Gasteiger partial charge is 0.349 e. The van der Waals surface area contributed by atoms with Crippen LogP contribution in [-0.2, 0) is 13.5 Å². The molecule has 0 amide bonds. The van der Waals surface area contributed by atoms with Crippen LogP contribution in [0.4, 0.5) is 0 Å². The van der Waals surface area contributed by atoms with Gasteiger partial charge in [0.1, 0.15) is 0 Å². The van der Waals surface area contributed by atoms with Gasteiger partial charge in [0.2, 0.25) is 0 Å². The Hall–Kier alpha value is -0.800. The van der Waals surface area contributed by atoms with E-state index in [1.165, 1.54) is 46.7 Å². The summed E-state index contributed by atoms with van der Waals surface area (Å²) in [7, 11) is 2.09. The number of rotatable bonds is 2. The Labute approximate surface area is 116 Å². The number of fused-ring (bicyclic) bond motifs is 1. The number of benzene rings is 1. The molecule has 1 N–H and O–H groups in total. The quantitative estimate of drug-likeness (QED) is 0.896. The molecular weight excluding hydrogens is 288 g/mol. The van der Waals surface area contributed by atoms with Crippen molar-refractivity contribution in [3.63, 3.8) is 0 Å². The lowest BCUT2D eigenvalue weighted by Crippen LogP contribution is -2.35. The molecule has 3 rings (SSSR count). The molecule has 1 unspecified atom stereocenters. The Morgan fingerprint density at radius 3 is 3.06 bits per heavy atom. The molecule has 0 spiro atoms. The molecule has 96 valence electrons. The van der Waals surface area contributed by atoms with Crippen molar-refractivity contribution >= 4 is 26.8 Å². The maximum Gasteiger partial charge on any atom is 0.0489 e. The van der Waals surface area contributed by atoms with Crippen LogP contribution in [0.25, 0.3) is 10.9 Å². The highest BCUT2D eigenvalue weighted by Gasteiger charge is 2.13. The van der Waals surface area contributed by atoms with Crippen molar-refractivity contribution in [2.45, 2.75) is 31.7 Å². The number of hydrogen-bond donors (Lipinski definition) is 1. The molecule has 2 aromatic rings. The van der Waals surface area contributed by atoms with Crippen molar-refractivity contribution in [1.29, 1.82) is 0 Å². The molecule has 0 bridgehead atoms. The number of piperidine rings is 1. The second-order valence-electron chi connectivity index (χ2n) is 5.29. The van der Waals surface area contributed by atoms with Gasteiger partial charge in [-0.2, -0.15) is 0 Å². The van der Waals surface area contributed by atoms with Gasteiger partial charge in [0.15, 0.2) is 0 Å². The van der Waals surface area contributed by atoms with E-state index in [0.717, 1.165) is 6.42 Å². The van der Waals surface area contributed by atoms with Crippen LogP contribution in [0.5, 0.6) is 0 Å². The normalized spacial score (nSPS) is 20.4. The summed E-state index contributed by atoms with van der Waals surface area (Å²) in [5.74, 6) is 0. The molecule has 1 atom stereocenters. The Morgan fingerprint density at radius 2 is 2.28 bits per heavy atom. The molecule has 0 radical (unpaired) electrons. The van der Waals surface area contributed by atoms with Gasteiger partial charge in [0.05, 0.1) is 0 Å². The van der Waals surface area contributed by atoms with Crippen molar-refractivity contribution in [3.05, 3.63) is 34.4 Å². The van der Waals surface area contributed by atoms with Gasteiger partial charge in [0, 0.05) is 34.7 Å². The van der Waals surface area contributed by atoms with Crippen LogP contribution in [0.1, 0.15) is 24.8 Å². The number of aromatic nitrogens is 1. The van der Waals surface area contributed by atoms with E-state index in [1.54, 1.807) is 0 Å². The summed E-state index contributed by atoms with van der Waals surface area (Å²) in [6.45, 7) is 1.18. The number of hydrogen-bond acceptors (Lipinski definition) is 1. The predicted octanol–water partition coefficient (Wildman–Crippen LogP) is 3.63. The van der Waals surface area contributed by atoms with Gasteiger partial charge in [0.25, 0.3) is 0 Å². The molecule has 1 fully saturated rings. The maximum atomic E-state index is 3.64. The van der Waals surface area contributed by atoms with Gasteiger partial charge < -0.3 is 9.88 Å².